The normalized spacial score (nSPS) is 11.4. The Labute approximate surface area is 207 Å². The van der Waals surface area contributed by atoms with Gasteiger partial charge in [0.1, 0.15) is 30.0 Å². The monoisotopic (exact) mass is 514 g/mol. The second kappa shape index (κ2) is 10.7. The smallest absolute Gasteiger partial charge is 0.235 e. The molecule has 1 amide bonds. The van der Waals surface area contributed by atoms with Gasteiger partial charge < -0.3 is 19.9 Å². The van der Waals surface area contributed by atoms with Crippen molar-refractivity contribution in [2.75, 3.05) is 23.9 Å². The first-order chi connectivity index (χ1) is 16.8. The molecule has 0 atom stereocenters. The Morgan fingerprint density at radius 3 is 2.74 bits per heavy atom. The zero-order valence-corrected chi connectivity index (χ0v) is 20.4. The predicted octanol–water partition coefficient (Wildman–Crippen LogP) is 2.96. The standard InChI is InChI=1S/C23H23ClN6O4S/c1-35(32,33)14-21(31)26-9-11-30-10-7-19-22(30)23(28-15-27-19)29-16-5-6-20(18(24)12-16)34-13-17-4-2-3-8-25-17/h2-8,10,12,15H,9,11,13-14H2,1H3,(H,26,31)(H,27,28,29). The van der Waals surface area contributed by atoms with Crippen molar-refractivity contribution in [3.8, 4) is 5.75 Å². The Kier molecular flexibility index (Phi) is 7.47. The van der Waals surface area contributed by atoms with E-state index in [0.29, 0.717) is 40.9 Å². The molecule has 0 radical (unpaired) electrons. The molecule has 3 heterocycles. The molecular weight excluding hydrogens is 492 g/mol. The molecule has 0 unspecified atom stereocenters. The van der Waals surface area contributed by atoms with E-state index in [2.05, 4.69) is 25.6 Å². The topological polar surface area (TPSA) is 128 Å². The fourth-order valence-corrected chi connectivity index (χ4v) is 4.20. The molecular formula is C23H23ClN6O4S. The Hall–Kier alpha value is -3.70. The van der Waals surface area contributed by atoms with Crippen LogP contribution in [0.2, 0.25) is 5.02 Å². The summed E-state index contributed by atoms with van der Waals surface area (Å²) >= 11 is 6.43. The lowest BCUT2D eigenvalue weighted by molar-refractivity contribution is -0.118. The van der Waals surface area contributed by atoms with Crippen LogP contribution in [0.3, 0.4) is 0 Å². The Bertz CT molecular complexity index is 1440. The highest BCUT2D eigenvalue weighted by atomic mass is 35.5. The van der Waals surface area contributed by atoms with E-state index in [1.54, 1.807) is 18.3 Å². The lowest BCUT2D eigenvalue weighted by Gasteiger charge is -2.13. The van der Waals surface area contributed by atoms with Gasteiger partial charge in [-0.05, 0) is 36.4 Å². The first-order valence-corrected chi connectivity index (χ1v) is 13.1. The number of ether oxygens (including phenoxy) is 1. The van der Waals surface area contributed by atoms with E-state index in [0.717, 1.165) is 17.5 Å². The summed E-state index contributed by atoms with van der Waals surface area (Å²) in [6.45, 7) is 0.955. The van der Waals surface area contributed by atoms with Crippen molar-refractivity contribution < 1.29 is 17.9 Å². The van der Waals surface area contributed by atoms with Gasteiger partial charge in [-0.25, -0.2) is 18.4 Å². The van der Waals surface area contributed by atoms with E-state index in [4.69, 9.17) is 16.3 Å². The minimum atomic E-state index is -3.38. The fraction of sp³-hybridized carbons (Fsp3) is 0.217. The first-order valence-electron chi connectivity index (χ1n) is 10.6. The highest BCUT2D eigenvalue weighted by Crippen LogP contribution is 2.31. The van der Waals surface area contributed by atoms with Crippen LogP contribution in [0.4, 0.5) is 11.5 Å². The highest BCUT2D eigenvalue weighted by Gasteiger charge is 2.13. The third-order valence-electron chi connectivity index (χ3n) is 4.91. The predicted molar refractivity (Wildman–Crippen MR) is 134 cm³/mol. The van der Waals surface area contributed by atoms with Crippen molar-refractivity contribution in [3.05, 3.63) is 71.9 Å². The summed E-state index contributed by atoms with van der Waals surface area (Å²) in [6.07, 6.45) is 6.01. The number of benzene rings is 1. The summed E-state index contributed by atoms with van der Waals surface area (Å²) in [5, 5.41) is 6.30. The molecule has 2 N–H and O–H groups in total. The molecule has 10 nitrogen and oxygen atoms in total. The Morgan fingerprint density at radius 1 is 1.14 bits per heavy atom. The summed E-state index contributed by atoms with van der Waals surface area (Å²) in [5.41, 5.74) is 2.94. The zero-order valence-electron chi connectivity index (χ0n) is 18.8. The quantitative estimate of drug-likeness (QED) is 0.330. The van der Waals surface area contributed by atoms with Crippen molar-refractivity contribution in [2.45, 2.75) is 13.2 Å². The van der Waals surface area contributed by atoms with Crippen LogP contribution in [-0.4, -0.2) is 52.4 Å². The van der Waals surface area contributed by atoms with Crippen molar-refractivity contribution in [1.82, 2.24) is 24.8 Å². The molecule has 1 aromatic carbocycles. The molecule has 3 aromatic heterocycles. The zero-order chi connectivity index (χ0) is 24.8. The van der Waals surface area contributed by atoms with E-state index in [-0.39, 0.29) is 6.54 Å². The van der Waals surface area contributed by atoms with Gasteiger partial charge in [0.2, 0.25) is 5.91 Å². The van der Waals surface area contributed by atoms with Crippen molar-refractivity contribution >= 4 is 49.9 Å². The number of hydrogen-bond donors (Lipinski definition) is 2. The van der Waals surface area contributed by atoms with Gasteiger partial charge in [0, 0.05) is 37.4 Å². The number of aromatic nitrogens is 4. The number of pyridine rings is 1. The number of anilines is 2. The first kappa shape index (κ1) is 24.4. The van der Waals surface area contributed by atoms with Gasteiger partial charge in [-0.2, -0.15) is 0 Å². The number of carbonyl (C=O) groups is 1. The summed E-state index contributed by atoms with van der Waals surface area (Å²) in [4.78, 5) is 24.7. The third kappa shape index (κ3) is 6.67. The van der Waals surface area contributed by atoms with Gasteiger partial charge in [0.25, 0.3) is 0 Å². The third-order valence-corrected chi connectivity index (χ3v) is 6.00. The molecule has 4 rings (SSSR count). The Balaban J connectivity index is 1.45. The highest BCUT2D eigenvalue weighted by molar-refractivity contribution is 7.91. The Morgan fingerprint density at radius 2 is 2.00 bits per heavy atom. The van der Waals surface area contributed by atoms with Crippen molar-refractivity contribution in [2.24, 2.45) is 0 Å². The maximum absolute atomic E-state index is 11.8. The molecule has 0 bridgehead atoms. The number of sulfone groups is 1. The average molecular weight is 515 g/mol. The lowest BCUT2D eigenvalue weighted by atomic mass is 10.3. The molecule has 0 saturated carbocycles. The largest absolute Gasteiger partial charge is 0.486 e. The molecule has 12 heteroatoms. The molecule has 0 spiro atoms. The van der Waals surface area contributed by atoms with Crippen LogP contribution in [0.15, 0.2) is 61.2 Å². The van der Waals surface area contributed by atoms with Crippen molar-refractivity contribution in [1.29, 1.82) is 0 Å². The van der Waals surface area contributed by atoms with Gasteiger partial charge in [0.15, 0.2) is 15.7 Å². The number of halogens is 1. The van der Waals surface area contributed by atoms with Gasteiger partial charge in [-0.3, -0.25) is 9.78 Å². The number of fused-ring (bicyclic) bond motifs is 1. The molecule has 0 aliphatic carbocycles. The van der Waals surface area contributed by atoms with Crippen LogP contribution in [0.5, 0.6) is 5.75 Å². The molecule has 0 saturated heterocycles. The number of carbonyl (C=O) groups excluding carboxylic acids is 1. The summed E-state index contributed by atoms with van der Waals surface area (Å²) < 4.78 is 30.2. The number of amides is 1. The minimum absolute atomic E-state index is 0.251. The molecule has 4 aromatic rings. The van der Waals surface area contributed by atoms with Crippen LogP contribution in [0.1, 0.15) is 5.69 Å². The summed E-state index contributed by atoms with van der Waals surface area (Å²) in [5.74, 6) is 0.000611. The molecule has 0 aliphatic heterocycles. The van der Waals surface area contributed by atoms with Crippen molar-refractivity contribution in [3.63, 3.8) is 0 Å². The van der Waals surface area contributed by atoms with Gasteiger partial charge in [-0.15, -0.1) is 0 Å². The number of hydrogen-bond acceptors (Lipinski definition) is 8. The minimum Gasteiger partial charge on any atom is -0.486 e. The van der Waals surface area contributed by atoms with E-state index in [1.165, 1.54) is 6.33 Å². The maximum Gasteiger partial charge on any atom is 0.235 e. The number of nitrogens with one attached hydrogen (secondary N) is 2. The van der Waals surface area contributed by atoms with E-state index in [1.807, 2.05) is 41.1 Å². The second-order valence-corrected chi connectivity index (χ2v) is 10.3. The molecule has 0 aliphatic rings. The van der Waals surface area contributed by atoms with Crippen LogP contribution in [-0.2, 0) is 27.8 Å². The average Bonchev–Trinajstić information content (AvgIpc) is 3.22. The van der Waals surface area contributed by atoms with Gasteiger partial charge in [-0.1, -0.05) is 17.7 Å². The van der Waals surface area contributed by atoms with Gasteiger partial charge >= 0.3 is 0 Å². The van der Waals surface area contributed by atoms with E-state index < -0.39 is 21.5 Å². The van der Waals surface area contributed by atoms with E-state index in [9.17, 15) is 13.2 Å². The van der Waals surface area contributed by atoms with Crippen LogP contribution in [0.25, 0.3) is 11.0 Å². The lowest BCUT2D eigenvalue weighted by Crippen LogP contribution is -2.32. The van der Waals surface area contributed by atoms with Crippen LogP contribution < -0.4 is 15.4 Å². The van der Waals surface area contributed by atoms with Gasteiger partial charge in [0.05, 0.1) is 16.2 Å². The summed E-state index contributed by atoms with van der Waals surface area (Å²) in [7, 11) is -3.38. The fourth-order valence-electron chi connectivity index (χ4n) is 3.38. The second-order valence-electron chi connectivity index (χ2n) is 7.77. The molecule has 35 heavy (non-hydrogen) atoms. The van der Waals surface area contributed by atoms with E-state index >= 15 is 0 Å². The van der Waals surface area contributed by atoms with Crippen LogP contribution >= 0.6 is 11.6 Å². The maximum atomic E-state index is 11.8. The SMILES string of the molecule is CS(=O)(=O)CC(=O)NCCn1ccc2ncnc(Nc3ccc(OCc4ccccn4)c(Cl)c3)c21. The molecule has 0 fully saturated rings. The summed E-state index contributed by atoms with van der Waals surface area (Å²) in [6, 6.07) is 12.8. The molecule has 182 valence electrons. The number of rotatable bonds is 10. The number of nitrogens with zero attached hydrogens (tertiary/aromatic N) is 4. The van der Waals surface area contributed by atoms with Crippen LogP contribution in [0, 0.1) is 0 Å².